The fourth-order valence-corrected chi connectivity index (χ4v) is 3.90. The molecule has 2 aliphatic rings. The number of carbonyl (C=O) groups excluding carboxylic acids is 3. The second-order valence-electron chi connectivity index (χ2n) is 7.20. The fourth-order valence-electron chi connectivity index (χ4n) is 3.90. The number of aryl methyl sites for hydroxylation is 2. The number of nitrogens with zero attached hydrogens (tertiary/aromatic N) is 1. The van der Waals surface area contributed by atoms with Gasteiger partial charge in [-0.1, -0.05) is 25.0 Å². The molecule has 1 heterocycles. The largest absolute Gasteiger partial charge is 0.426 e. The van der Waals surface area contributed by atoms with Crippen LogP contribution in [0.3, 0.4) is 0 Å². The van der Waals surface area contributed by atoms with Crippen LogP contribution in [0.4, 0.5) is 0 Å². The van der Waals surface area contributed by atoms with Crippen molar-refractivity contribution >= 4 is 17.8 Å². The van der Waals surface area contributed by atoms with E-state index in [-0.39, 0.29) is 36.6 Å². The lowest BCUT2D eigenvalue weighted by molar-refractivity contribution is -0.141. The normalized spacial score (nSPS) is 22.9. The van der Waals surface area contributed by atoms with Gasteiger partial charge < -0.3 is 4.74 Å². The van der Waals surface area contributed by atoms with Gasteiger partial charge in [0.05, 0.1) is 18.3 Å². The van der Waals surface area contributed by atoms with Crippen molar-refractivity contribution in [2.45, 2.75) is 52.9 Å². The molecule has 5 heteroatoms. The molecule has 0 N–H and O–H groups in total. The van der Waals surface area contributed by atoms with Crippen molar-refractivity contribution in [3.05, 3.63) is 28.8 Å². The van der Waals surface area contributed by atoms with Crippen molar-refractivity contribution < 1.29 is 19.1 Å². The first kappa shape index (κ1) is 17.6. The summed E-state index contributed by atoms with van der Waals surface area (Å²) in [6.07, 6.45) is 3.61. The molecule has 3 rings (SSSR count). The fraction of sp³-hybridized carbons (Fsp3) is 0.550. The van der Waals surface area contributed by atoms with E-state index in [1.54, 1.807) is 0 Å². The number of hydrogen-bond acceptors (Lipinski definition) is 4. The predicted molar refractivity (Wildman–Crippen MR) is 93.1 cm³/mol. The number of carbonyl (C=O) groups is 3. The smallest absolute Gasteiger partial charge is 0.313 e. The van der Waals surface area contributed by atoms with E-state index < -0.39 is 5.97 Å². The van der Waals surface area contributed by atoms with Crippen LogP contribution in [0, 0.1) is 32.6 Å². The third-order valence-electron chi connectivity index (χ3n) is 5.56. The molecule has 2 fully saturated rings. The number of rotatable bonds is 4. The maximum atomic E-state index is 12.4. The number of amides is 2. The van der Waals surface area contributed by atoms with Gasteiger partial charge in [-0.2, -0.15) is 0 Å². The van der Waals surface area contributed by atoms with Crippen molar-refractivity contribution in [2.24, 2.45) is 11.8 Å². The molecule has 2 amide bonds. The minimum absolute atomic E-state index is 0.0315. The Labute approximate surface area is 148 Å². The molecule has 0 bridgehead atoms. The Morgan fingerprint density at radius 2 is 1.60 bits per heavy atom. The molecule has 0 aromatic heterocycles. The average Bonchev–Trinajstić information content (AvgIpc) is 2.85. The van der Waals surface area contributed by atoms with Crippen LogP contribution in [0.5, 0.6) is 5.75 Å². The van der Waals surface area contributed by atoms with Crippen molar-refractivity contribution in [3.8, 4) is 5.75 Å². The second kappa shape index (κ2) is 6.98. The molecule has 1 aromatic rings. The first-order chi connectivity index (χ1) is 11.9. The Morgan fingerprint density at radius 1 is 1.04 bits per heavy atom. The van der Waals surface area contributed by atoms with Gasteiger partial charge in [-0.3, -0.25) is 19.3 Å². The van der Waals surface area contributed by atoms with Gasteiger partial charge in [0, 0.05) is 6.54 Å². The number of imide groups is 1. The Hall–Kier alpha value is -2.17. The third-order valence-corrected chi connectivity index (χ3v) is 5.56. The topological polar surface area (TPSA) is 63.7 Å². The molecule has 5 nitrogen and oxygen atoms in total. The highest BCUT2D eigenvalue weighted by Crippen LogP contribution is 2.38. The van der Waals surface area contributed by atoms with Crippen LogP contribution in [0.2, 0.25) is 0 Å². The van der Waals surface area contributed by atoms with Gasteiger partial charge in [0.2, 0.25) is 11.8 Å². The lowest BCUT2D eigenvalue weighted by atomic mass is 9.81. The minimum Gasteiger partial charge on any atom is -0.426 e. The van der Waals surface area contributed by atoms with E-state index in [1.165, 1.54) is 4.90 Å². The molecule has 0 radical (unpaired) electrons. The van der Waals surface area contributed by atoms with Gasteiger partial charge >= 0.3 is 5.97 Å². The predicted octanol–water partition coefficient (Wildman–Crippen LogP) is 3.08. The van der Waals surface area contributed by atoms with Gasteiger partial charge in [-0.15, -0.1) is 0 Å². The first-order valence-electron chi connectivity index (χ1n) is 9.03. The lowest BCUT2D eigenvalue weighted by Gasteiger charge is -2.19. The van der Waals surface area contributed by atoms with E-state index in [1.807, 2.05) is 32.9 Å². The molecule has 1 saturated heterocycles. The van der Waals surface area contributed by atoms with Crippen LogP contribution in [0.25, 0.3) is 0 Å². The van der Waals surface area contributed by atoms with Crippen LogP contribution in [0.15, 0.2) is 12.1 Å². The number of fused-ring (bicyclic) bond motifs is 1. The van der Waals surface area contributed by atoms with Crippen LogP contribution >= 0.6 is 0 Å². The molecule has 1 aromatic carbocycles. The molecule has 0 spiro atoms. The quantitative estimate of drug-likeness (QED) is 0.479. The molecular weight excluding hydrogens is 318 g/mol. The first-order valence-corrected chi connectivity index (χ1v) is 9.03. The van der Waals surface area contributed by atoms with Gasteiger partial charge in [0.25, 0.3) is 0 Å². The number of likely N-dealkylation sites (tertiary alicyclic amines) is 1. The standard InChI is InChI=1S/C20H25NO4/c1-12-8-9-13(2)18(14(12)3)25-17(22)10-11-21-19(23)15-6-4-5-7-16(15)20(21)24/h8-9,15-16H,4-7,10-11H2,1-3H3/t15-,16+. The molecule has 1 aliphatic carbocycles. The van der Waals surface area contributed by atoms with E-state index in [2.05, 4.69) is 0 Å². The highest BCUT2D eigenvalue weighted by molar-refractivity contribution is 6.05. The summed E-state index contributed by atoms with van der Waals surface area (Å²) in [7, 11) is 0. The zero-order chi connectivity index (χ0) is 18.1. The molecule has 0 unspecified atom stereocenters. The number of hydrogen-bond donors (Lipinski definition) is 0. The SMILES string of the molecule is Cc1ccc(C)c(OC(=O)CCN2C(=O)[C@H]3CCCC[C@H]3C2=O)c1C. The van der Waals surface area contributed by atoms with E-state index in [9.17, 15) is 14.4 Å². The maximum absolute atomic E-state index is 12.4. The van der Waals surface area contributed by atoms with E-state index in [0.29, 0.717) is 5.75 Å². The molecular formula is C20H25NO4. The van der Waals surface area contributed by atoms with E-state index in [4.69, 9.17) is 4.74 Å². The zero-order valence-corrected chi connectivity index (χ0v) is 15.1. The van der Waals surface area contributed by atoms with Crippen molar-refractivity contribution in [3.63, 3.8) is 0 Å². The van der Waals surface area contributed by atoms with Crippen LogP contribution in [-0.2, 0) is 14.4 Å². The van der Waals surface area contributed by atoms with Gasteiger partial charge in [-0.05, 0) is 50.3 Å². The van der Waals surface area contributed by atoms with Crippen LogP contribution < -0.4 is 4.74 Å². The van der Waals surface area contributed by atoms with Crippen molar-refractivity contribution in [1.82, 2.24) is 4.90 Å². The van der Waals surface area contributed by atoms with Gasteiger partial charge in [0.1, 0.15) is 5.75 Å². The Balaban J connectivity index is 1.62. The maximum Gasteiger partial charge on any atom is 0.313 e. The Kier molecular flexibility index (Phi) is 4.93. The summed E-state index contributed by atoms with van der Waals surface area (Å²) in [5.41, 5.74) is 2.89. The van der Waals surface area contributed by atoms with Crippen LogP contribution in [0.1, 0.15) is 48.8 Å². The molecule has 134 valence electrons. The number of esters is 1. The summed E-state index contributed by atoms with van der Waals surface area (Å²) >= 11 is 0. The summed E-state index contributed by atoms with van der Waals surface area (Å²) < 4.78 is 5.52. The Bertz CT molecular complexity index is 701. The molecule has 1 saturated carbocycles. The average molecular weight is 343 g/mol. The molecule has 1 aliphatic heterocycles. The van der Waals surface area contributed by atoms with Crippen molar-refractivity contribution in [2.75, 3.05) is 6.54 Å². The number of benzene rings is 1. The summed E-state index contributed by atoms with van der Waals surface area (Å²) in [4.78, 5) is 38.4. The van der Waals surface area contributed by atoms with E-state index >= 15 is 0 Å². The Morgan fingerprint density at radius 3 is 2.20 bits per heavy atom. The summed E-state index contributed by atoms with van der Waals surface area (Å²) in [6, 6.07) is 3.91. The third kappa shape index (κ3) is 3.32. The number of ether oxygens (including phenoxy) is 1. The second-order valence-corrected chi connectivity index (χ2v) is 7.20. The van der Waals surface area contributed by atoms with Gasteiger partial charge in [-0.25, -0.2) is 0 Å². The van der Waals surface area contributed by atoms with E-state index in [0.717, 1.165) is 42.4 Å². The summed E-state index contributed by atoms with van der Waals surface area (Å²) in [5, 5.41) is 0. The summed E-state index contributed by atoms with van der Waals surface area (Å²) in [6.45, 7) is 5.90. The lowest BCUT2D eigenvalue weighted by Crippen LogP contribution is -2.33. The highest BCUT2D eigenvalue weighted by atomic mass is 16.5. The molecule has 25 heavy (non-hydrogen) atoms. The minimum atomic E-state index is -0.410. The zero-order valence-electron chi connectivity index (χ0n) is 15.1. The molecule has 2 atom stereocenters. The highest BCUT2D eigenvalue weighted by Gasteiger charge is 2.47. The summed E-state index contributed by atoms with van der Waals surface area (Å²) in [5.74, 6) is -0.377. The van der Waals surface area contributed by atoms with Crippen molar-refractivity contribution in [1.29, 1.82) is 0 Å². The van der Waals surface area contributed by atoms with Crippen LogP contribution in [-0.4, -0.2) is 29.2 Å². The van der Waals surface area contributed by atoms with Gasteiger partial charge in [0.15, 0.2) is 0 Å². The monoisotopic (exact) mass is 343 g/mol.